The van der Waals surface area contributed by atoms with Crippen molar-refractivity contribution in [2.75, 3.05) is 0 Å². The largest absolute Gasteiger partial charge is 0.423 e. The molecule has 0 N–H and O–H groups in total. The zero-order chi connectivity index (χ0) is 8.39. The average Bonchev–Trinajstić information content (AvgIpc) is 2.57. The van der Waals surface area contributed by atoms with Crippen molar-refractivity contribution in [3.8, 4) is 11.5 Å². The Morgan fingerprint density at radius 2 is 2.33 bits per heavy atom. The van der Waals surface area contributed by atoms with Crippen molar-refractivity contribution < 1.29 is 4.42 Å². The minimum absolute atomic E-state index is 0.529. The molecule has 2 rings (SSSR count). The van der Waals surface area contributed by atoms with E-state index in [1.54, 1.807) is 12.4 Å². The van der Waals surface area contributed by atoms with Crippen LogP contribution in [-0.2, 0) is 0 Å². The fourth-order valence-electron chi connectivity index (χ4n) is 0.839. The topological polar surface area (TPSA) is 51.8 Å². The third-order valence-corrected chi connectivity index (χ3v) is 2.22. The summed E-state index contributed by atoms with van der Waals surface area (Å²) in [6, 6.07) is 1.84. The fraction of sp³-hybridized carbons (Fsp3) is 0. The van der Waals surface area contributed by atoms with Gasteiger partial charge in [0.25, 0.3) is 0 Å². The smallest absolute Gasteiger partial charge is 0.248 e. The number of nitrogens with zero attached hydrogens (tertiary/aromatic N) is 3. The van der Waals surface area contributed by atoms with E-state index in [0.717, 1.165) is 9.13 Å². The van der Waals surface area contributed by atoms with Gasteiger partial charge in [0.1, 0.15) is 0 Å². The molecule has 0 aliphatic rings. The first-order valence-electron chi connectivity index (χ1n) is 3.24. The first-order chi connectivity index (χ1) is 5.88. The average molecular weight is 273 g/mol. The summed E-state index contributed by atoms with van der Waals surface area (Å²) in [5, 5.41) is 7.40. The second-order valence-electron chi connectivity index (χ2n) is 2.10. The van der Waals surface area contributed by atoms with Crippen LogP contribution in [0.2, 0.25) is 0 Å². The van der Waals surface area contributed by atoms with Crippen LogP contribution in [0.4, 0.5) is 0 Å². The SMILES string of the molecule is Ic1cnccc1-c1nnco1. The second kappa shape index (κ2) is 3.18. The molecule has 4 nitrogen and oxygen atoms in total. The Labute approximate surface area is 82.2 Å². The van der Waals surface area contributed by atoms with Gasteiger partial charge in [0.05, 0.1) is 5.56 Å². The lowest BCUT2D eigenvalue weighted by Crippen LogP contribution is -1.83. The van der Waals surface area contributed by atoms with E-state index in [-0.39, 0.29) is 0 Å². The molecule has 2 aromatic rings. The van der Waals surface area contributed by atoms with Gasteiger partial charge in [-0.05, 0) is 28.7 Å². The molecule has 60 valence electrons. The summed E-state index contributed by atoms with van der Waals surface area (Å²) in [7, 11) is 0. The molecule has 0 saturated heterocycles. The molecule has 5 heteroatoms. The highest BCUT2D eigenvalue weighted by Gasteiger charge is 2.06. The van der Waals surface area contributed by atoms with Gasteiger partial charge in [-0.1, -0.05) is 0 Å². The summed E-state index contributed by atoms with van der Waals surface area (Å²) in [4.78, 5) is 3.96. The Balaban J connectivity index is 2.55. The number of halogens is 1. The molecule has 0 bridgehead atoms. The van der Waals surface area contributed by atoms with Crippen molar-refractivity contribution in [2.45, 2.75) is 0 Å². The summed E-state index contributed by atoms with van der Waals surface area (Å²) in [5.74, 6) is 0.529. The standard InChI is InChI=1S/C7H4IN3O/c8-6-3-9-2-1-5(6)7-11-10-4-12-7/h1-4H. The van der Waals surface area contributed by atoms with Crippen molar-refractivity contribution in [1.82, 2.24) is 15.2 Å². The van der Waals surface area contributed by atoms with E-state index in [4.69, 9.17) is 4.42 Å². The summed E-state index contributed by atoms with van der Waals surface area (Å²) in [6.45, 7) is 0. The van der Waals surface area contributed by atoms with Crippen molar-refractivity contribution in [1.29, 1.82) is 0 Å². The van der Waals surface area contributed by atoms with Gasteiger partial charge in [-0.15, -0.1) is 10.2 Å². The molecule has 0 unspecified atom stereocenters. The molecular formula is C7H4IN3O. The number of hydrogen-bond donors (Lipinski definition) is 0. The highest BCUT2D eigenvalue weighted by Crippen LogP contribution is 2.21. The molecule has 12 heavy (non-hydrogen) atoms. The summed E-state index contributed by atoms with van der Waals surface area (Å²) in [5.41, 5.74) is 0.920. The Hall–Kier alpha value is -0.980. The van der Waals surface area contributed by atoms with Crippen LogP contribution in [0.25, 0.3) is 11.5 Å². The van der Waals surface area contributed by atoms with E-state index in [2.05, 4.69) is 37.8 Å². The predicted octanol–water partition coefficient (Wildman–Crippen LogP) is 1.74. The number of aromatic nitrogens is 3. The molecule has 2 aromatic heterocycles. The third-order valence-electron chi connectivity index (χ3n) is 1.36. The van der Waals surface area contributed by atoms with Crippen molar-refractivity contribution >= 4 is 22.6 Å². The van der Waals surface area contributed by atoms with E-state index < -0.39 is 0 Å². The maximum absolute atomic E-state index is 5.05. The van der Waals surface area contributed by atoms with Crippen LogP contribution >= 0.6 is 22.6 Å². The summed E-state index contributed by atoms with van der Waals surface area (Å²) < 4.78 is 6.04. The van der Waals surface area contributed by atoms with Crippen LogP contribution in [-0.4, -0.2) is 15.2 Å². The summed E-state index contributed by atoms with van der Waals surface area (Å²) in [6.07, 6.45) is 4.76. The third kappa shape index (κ3) is 1.31. The molecule has 0 fully saturated rings. The highest BCUT2D eigenvalue weighted by molar-refractivity contribution is 14.1. The van der Waals surface area contributed by atoms with Crippen LogP contribution in [0, 0.1) is 3.57 Å². The maximum Gasteiger partial charge on any atom is 0.248 e. The zero-order valence-electron chi connectivity index (χ0n) is 5.94. The quantitative estimate of drug-likeness (QED) is 0.742. The van der Waals surface area contributed by atoms with Crippen molar-refractivity contribution in [3.63, 3.8) is 0 Å². The van der Waals surface area contributed by atoms with E-state index in [1.807, 2.05) is 6.07 Å². The van der Waals surface area contributed by atoms with Crippen molar-refractivity contribution in [3.05, 3.63) is 28.4 Å². The van der Waals surface area contributed by atoms with Gasteiger partial charge in [0.15, 0.2) is 0 Å². The van der Waals surface area contributed by atoms with Gasteiger partial charge >= 0.3 is 0 Å². The first kappa shape index (κ1) is 7.66. The van der Waals surface area contributed by atoms with Gasteiger partial charge in [-0.25, -0.2) is 0 Å². The van der Waals surface area contributed by atoms with E-state index in [0.29, 0.717) is 5.89 Å². The number of rotatable bonds is 1. The molecule has 0 aliphatic heterocycles. The lowest BCUT2D eigenvalue weighted by atomic mass is 10.3. The molecule has 0 amide bonds. The number of pyridine rings is 1. The van der Waals surface area contributed by atoms with E-state index in [1.165, 1.54) is 6.39 Å². The first-order valence-corrected chi connectivity index (χ1v) is 4.32. The molecular weight excluding hydrogens is 269 g/mol. The van der Waals surface area contributed by atoms with Crippen LogP contribution in [0.15, 0.2) is 29.3 Å². The molecule has 0 radical (unpaired) electrons. The Morgan fingerprint density at radius 3 is 3.00 bits per heavy atom. The fourth-order valence-corrected chi connectivity index (χ4v) is 1.41. The monoisotopic (exact) mass is 273 g/mol. The van der Waals surface area contributed by atoms with E-state index >= 15 is 0 Å². The molecule has 0 saturated carbocycles. The molecule has 0 spiro atoms. The molecule has 0 atom stereocenters. The van der Waals surface area contributed by atoms with Gasteiger partial charge < -0.3 is 4.42 Å². The second-order valence-corrected chi connectivity index (χ2v) is 3.26. The minimum atomic E-state index is 0.529. The lowest BCUT2D eigenvalue weighted by molar-refractivity contribution is 0.568. The Bertz CT molecular complexity index is 374. The van der Waals surface area contributed by atoms with Crippen LogP contribution in [0.3, 0.4) is 0 Å². The van der Waals surface area contributed by atoms with Gasteiger partial charge in [-0.3, -0.25) is 4.98 Å². The minimum Gasteiger partial charge on any atom is -0.423 e. The van der Waals surface area contributed by atoms with Crippen LogP contribution in [0.5, 0.6) is 0 Å². The predicted molar refractivity (Wildman–Crippen MR) is 50.2 cm³/mol. The maximum atomic E-state index is 5.05. The molecule has 0 aromatic carbocycles. The van der Waals surface area contributed by atoms with Crippen LogP contribution < -0.4 is 0 Å². The number of hydrogen-bond acceptors (Lipinski definition) is 4. The van der Waals surface area contributed by atoms with E-state index in [9.17, 15) is 0 Å². The Morgan fingerprint density at radius 1 is 1.42 bits per heavy atom. The highest BCUT2D eigenvalue weighted by atomic mass is 127. The van der Waals surface area contributed by atoms with Gasteiger partial charge in [-0.2, -0.15) is 0 Å². The van der Waals surface area contributed by atoms with Gasteiger partial charge in [0, 0.05) is 16.0 Å². The van der Waals surface area contributed by atoms with Crippen LogP contribution in [0.1, 0.15) is 0 Å². The van der Waals surface area contributed by atoms with Gasteiger partial charge in [0.2, 0.25) is 12.3 Å². The lowest BCUT2D eigenvalue weighted by Gasteiger charge is -1.95. The summed E-state index contributed by atoms with van der Waals surface area (Å²) >= 11 is 2.17. The normalized spacial score (nSPS) is 10.1. The van der Waals surface area contributed by atoms with Crippen molar-refractivity contribution in [2.24, 2.45) is 0 Å². The molecule has 2 heterocycles. The Kier molecular flexibility index (Phi) is 2.03. The molecule has 0 aliphatic carbocycles. The zero-order valence-corrected chi connectivity index (χ0v) is 8.09.